The number of H-pyrrole nitrogens is 1. The summed E-state index contributed by atoms with van der Waals surface area (Å²) in [6, 6.07) is 2.01. The smallest absolute Gasteiger partial charge is 0.272 e. The molecule has 0 aromatic carbocycles. The van der Waals surface area contributed by atoms with E-state index in [2.05, 4.69) is 20.3 Å². The standard InChI is InChI=1S/C17H20F2N6/c18-17(19)8-24(9-17)7-11-1-3-12(4-2-11)14-15-13-5-6-20-16(13)21-10-25(15)23-22-14/h5-6,10-12,20H,1-4,7-9H2. The minimum atomic E-state index is -2.46. The summed E-state index contributed by atoms with van der Waals surface area (Å²) in [4.78, 5) is 9.35. The Morgan fingerprint density at radius 1 is 1.20 bits per heavy atom. The van der Waals surface area contributed by atoms with Crippen molar-refractivity contribution in [1.29, 1.82) is 0 Å². The molecule has 3 aromatic heterocycles. The lowest BCUT2D eigenvalue weighted by molar-refractivity contribution is -0.135. The Hall–Kier alpha value is -2.09. The first-order chi connectivity index (χ1) is 12.1. The summed E-state index contributed by atoms with van der Waals surface area (Å²) in [6.45, 7) is 0.665. The quantitative estimate of drug-likeness (QED) is 0.792. The van der Waals surface area contributed by atoms with Crippen LogP contribution in [0.3, 0.4) is 0 Å². The SMILES string of the molecule is FC1(F)CN(CC2CCC(c3nnn4cnc5[nH]ccc5c34)CC2)C1. The number of halogens is 2. The van der Waals surface area contributed by atoms with Crippen LogP contribution in [0.25, 0.3) is 16.6 Å². The number of alkyl halides is 2. The zero-order valence-corrected chi connectivity index (χ0v) is 13.8. The van der Waals surface area contributed by atoms with Gasteiger partial charge in [0.25, 0.3) is 5.92 Å². The van der Waals surface area contributed by atoms with Crippen LogP contribution < -0.4 is 0 Å². The molecule has 0 spiro atoms. The van der Waals surface area contributed by atoms with Gasteiger partial charge in [0.1, 0.15) is 17.5 Å². The molecule has 0 bridgehead atoms. The number of likely N-dealkylation sites (tertiary alicyclic amines) is 1. The third-order valence-electron chi connectivity index (χ3n) is 5.66. The fraction of sp³-hybridized carbons (Fsp3) is 0.588. The maximum Gasteiger partial charge on any atom is 0.272 e. The molecule has 1 saturated carbocycles. The minimum absolute atomic E-state index is 0.0684. The first kappa shape index (κ1) is 15.2. The lowest BCUT2D eigenvalue weighted by Gasteiger charge is -2.41. The predicted molar refractivity (Wildman–Crippen MR) is 88.7 cm³/mol. The number of aromatic nitrogens is 5. The fourth-order valence-corrected chi connectivity index (χ4v) is 4.41. The van der Waals surface area contributed by atoms with E-state index in [4.69, 9.17) is 0 Å². The Balaban J connectivity index is 1.31. The third kappa shape index (κ3) is 2.59. The van der Waals surface area contributed by atoms with Gasteiger partial charge in [-0.15, -0.1) is 5.10 Å². The van der Waals surface area contributed by atoms with Crippen LogP contribution in [0.15, 0.2) is 18.6 Å². The summed E-state index contributed by atoms with van der Waals surface area (Å²) in [7, 11) is 0. The summed E-state index contributed by atoms with van der Waals surface area (Å²) < 4.78 is 27.7. The van der Waals surface area contributed by atoms with Crippen molar-refractivity contribution < 1.29 is 8.78 Å². The van der Waals surface area contributed by atoms with E-state index in [-0.39, 0.29) is 13.1 Å². The van der Waals surface area contributed by atoms with Gasteiger partial charge in [0.05, 0.1) is 18.8 Å². The van der Waals surface area contributed by atoms with Crippen LogP contribution in [-0.2, 0) is 0 Å². The van der Waals surface area contributed by atoms with E-state index in [1.807, 2.05) is 17.2 Å². The second-order valence-electron chi connectivity index (χ2n) is 7.50. The molecular formula is C17H20F2N6. The van der Waals surface area contributed by atoms with Gasteiger partial charge in [-0.25, -0.2) is 18.3 Å². The van der Waals surface area contributed by atoms with Crippen LogP contribution in [0, 0.1) is 5.92 Å². The summed E-state index contributed by atoms with van der Waals surface area (Å²) in [6.07, 6.45) is 7.78. The second-order valence-corrected chi connectivity index (χ2v) is 7.50. The molecule has 1 saturated heterocycles. The topological polar surface area (TPSA) is 62.1 Å². The Labute approximate surface area is 143 Å². The van der Waals surface area contributed by atoms with Gasteiger partial charge in [-0.2, -0.15) is 0 Å². The van der Waals surface area contributed by atoms with Crippen molar-refractivity contribution in [3.8, 4) is 0 Å². The van der Waals surface area contributed by atoms with Crippen molar-refractivity contribution in [1.82, 2.24) is 29.7 Å². The maximum atomic E-state index is 13.0. The Morgan fingerprint density at radius 2 is 2.00 bits per heavy atom. The van der Waals surface area contributed by atoms with E-state index >= 15 is 0 Å². The zero-order chi connectivity index (χ0) is 17.0. The van der Waals surface area contributed by atoms with Gasteiger partial charge in [0.15, 0.2) is 0 Å². The molecule has 3 aromatic rings. The maximum absolute atomic E-state index is 13.0. The van der Waals surface area contributed by atoms with Gasteiger partial charge in [0.2, 0.25) is 0 Å². The highest BCUT2D eigenvalue weighted by Crippen LogP contribution is 2.39. The first-order valence-electron chi connectivity index (χ1n) is 8.86. The molecule has 1 aliphatic carbocycles. The molecule has 4 heterocycles. The molecule has 132 valence electrons. The molecule has 8 heteroatoms. The highest BCUT2D eigenvalue weighted by atomic mass is 19.3. The summed E-state index contributed by atoms with van der Waals surface area (Å²) >= 11 is 0. The molecule has 0 atom stereocenters. The number of fused-ring (bicyclic) bond motifs is 3. The molecule has 1 aliphatic heterocycles. The Bertz CT molecular complexity index is 900. The number of aromatic amines is 1. The third-order valence-corrected chi connectivity index (χ3v) is 5.66. The molecule has 2 aliphatic rings. The number of hydrogen-bond donors (Lipinski definition) is 1. The normalized spacial score (nSPS) is 27.0. The van der Waals surface area contributed by atoms with Crippen LogP contribution >= 0.6 is 0 Å². The van der Waals surface area contributed by atoms with E-state index in [9.17, 15) is 8.78 Å². The molecule has 6 nitrogen and oxygen atoms in total. The number of hydrogen-bond acceptors (Lipinski definition) is 4. The van der Waals surface area contributed by atoms with Crippen LogP contribution in [0.4, 0.5) is 8.78 Å². The van der Waals surface area contributed by atoms with E-state index in [0.29, 0.717) is 11.8 Å². The molecule has 0 amide bonds. The largest absolute Gasteiger partial charge is 0.346 e. The number of rotatable bonds is 3. The van der Waals surface area contributed by atoms with Crippen LogP contribution in [-0.4, -0.2) is 55.3 Å². The van der Waals surface area contributed by atoms with Crippen molar-refractivity contribution in [3.05, 3.63) is 24.3 Å². The van der Waals surface area contributed by atoms with Gasteiger partial charge >= 0.3 is 0 Å². The lowest BCUT2D eigenvalue weighted by atomic mass is 9.79. The van der Waals surface area contributed by atoms with Crippen molar-refractivity contribution in [3.63, 3.8) is 0 Å². The van der Waals surface area contributed by atoms with E-state index in [0.717, 1.165) is 54.5 Å². The fourth-order valence-electron chi connectivity index (χ4n) is 4.41. The van der Waals surface area contributed by atoms with E-state index in [1.54, 1.807) is 10.8 Å². The van der Waals surface area contributed by atoms with E-state index < -0.39 is 5.92 Å². The molecule has 25 heavy (non-hydrogen) atoms. The highest BCUT2D eigenvalue weighted by molar-refractivity contribution is 5.92. The molecule has 0 radical (unpaired) electrons. The van der Waals surface area contributed by atoms with Gasteiger partial charge in [-0.1, -0.05) is 5.21 Å². The minimum Gasteiger partial charge on any atom is -0.346 e. The van der Waals surface area contributed by atoms with Crippen molar-refractivity contribution in [2.24, 2.45) is 5.92 Å². The highest BCUT2D eigenvalue weighted by Gasteiger charge is 2.44. The molecular weight excluding hydrogens is 326 g/mol. The Kier molecular flexibility index (Phi) is 3.31. The van der Waals surface area contributed by atoms with Crippen LogP contribution in [0.5, 0.6) is 0 Å². The summed E-state index contributed by atoms with van der Waals surface area (Å²) in [5.74, 6) is -1.57. The molecule has 5 rings (SSSR count). The zero-order valence-electron chi connectivity index (χ0n) is 13.8. The van der Waals surface area contributed by atoms with Crippen LogP contribution in [0.2, 0.25) is 0 Å². The van der Waals surface area contributed by atoms with Gasteiger partial charge < -0.3 is 4.98 Å². The number of nitrogens with zero attached hydrogens (tertiary/aromatic N) is 5. The van der Waals surface area contributed by atoms with Crippen LogP contribution in [0.1, 0.15) is 37.3 Å². The van der Waals surface area contributed by atoms with E-state index in [1.165, 1.54) is 0 Å². The number of nitrogens with one attached hydrogen (secondary N) is 1. The predicted octanol–water partition coefficient (Wildman–Crippen LogP) is 2.83. The average molecular weight is 346 g/mol. The first-order valence-corrected chi connectivity index (χ1v) is 8.86. The van der Waals surface area contributed by atoms with Crippen molar-refractivity contribution in [2.45, 2.75) is 37.5 Å². The molecule has 1 N–H and O–H groups in total. The average Bonchev–Trinajstić information content (AvgIpc) is 3.19. The van der Waals surface area contributed by atoms with Gasteiger partial charge in [0, 0.05) is 24.0 Å². The summed E-state index contributed by atoms with van der Waals surface area (Å²) in [5.41, 5.74) is 2.93. The molecule has 2 fully saturated rings. The monoisotopic (exact) mass is 346 g/mol. The van der Waals surface area contributed by atoms with Gasteiger partial charge in [-0.3, -0.25) is 4.90 Å². The lowest BCUT2D eigenvalue weighted by Crippen LogP contribution is -2.57. The Morgan fingerprint density at radius 3 is 2.76 bits per heavy atom. The van der Waals surface area contributed by atoms with Gasteiger partial charge in [-0.05, 0) is 37.7 Å². The summed E-state index contributed by atoms with van der Waals surface area (Å²) in [5, 5.41) is 9.71. The second kappa shape index (κ2) is 5.45. The van der Waals surface area contributed by atoms with Crippen molar-refractivity contribution in [2.75, 3.05) is 19.6 Å². The van der Waals surface area contributed by atoms with Crippen molar-refractivity contribution >= 4 is 16.6 Å². The molecule has 0 unspecified atom stereocenters.